The van der Waals surface area contributed by atoms with E-state index >= 15 is 0 Å². The van der Waals surface area contributed by atoms with Crippen LogP contribution in [0.25, 0.3) is 0 Å². The van der Waals surface area contributed by atoms with Crippen LogP contribution in [0, 0.1) is 17.6 Å². The van der Waals surface area contributed by atoms with Gasteiger partial charge in [-0.1, -0.05) is 20.8 Å². The Balaban J connectivity index is 2.92. The van der Waals surface area contributed by atoms with Crippen molar-refractivity contribution >= 4 is 5.69 Å². The molecule has 0 aliphatic heterocycles. The fraction of sp³-hybridized carbons (Fsp3) is 0.625. The SMILES string of the molecule is CCCNCc1cc(F)c(N(CC)CC(C)C)c(F)c1. The van der Waals surface area contributed by atoms with E-state index in [0.29, 0.717) is 31.1 Å². The molecule has 0 spiro atoms. The van der Waals surface area contributed by atoms with Gasteiger partial charge in [-0.2, -0.15) is 0 Å². The standard InChI is InChI=1S/C16H26F2N2/c1-5-7-19-10-13-8-14(17)16(15(18)9-13)20(6-2)11-12(3)4/h8-9,12,19H,5-7,10-11H2,1-4H3. The Morgan fingerprint density at radius 3 is 2.20 bits per heavy atom. The molecule has 20 heavy (non-hydrogen) atoms. The zero-order chi connectivity index (χ0) is 15.1. The van der Waals surface area contributed by atoms with Gasteiger partial charge in [-0.3, -0.25) is 0 Å². The topological polar surface area (TPSA) is 15.3 Å². The maximum Gasteiger partial charge on any atom is 0.149 e. The summed E-state index contributed by atoms with van der Waals surface area (Å²) >= 11 is 0. The van der Waals surface area contributed by atoms with Crippen molar-refractivity contribution in [3.8, 4) is 0 Å². The van der Waals surface area contributed by atoms with Crippen molar-refractivity contribution in [3.63, 3.8) is 0 Å². The van der Waals surface area contributed by atoms with Crippen LogP contribution in [-0.4, -0.2) is 19.6 Å². The van der Waals surface area contributed by atoms with Crippen LogP contribution >= 0.6 is 0 Å². The highest BCUT2D eigenvalue weighted by Crippen LogP contribution is 2.25. The molecule has 0 radical (unpaired) electrons. The van der Waals surface area contributed by atoms with E-state index in [2.05, 4.69) is 12.2 Å². The predicted octanol–water partition coefficient (Wildman–Crippen LogP) is 3.95. The lowest BCUT2D eigenvalue weighted by Gasteiger charge is -2.26. The fourth-order valence-corrected chi connectivity index (χ4v) is 2.25. The van der Waals surface area contributed by atoms with Gasteiger partial charge in [-0.05, 0) is 43.5 Å². The Morgan fingerprint density at radius 2 is 1.75 bits per heavy atom. The Labute approximate surface area is 121 Å². The molecule has 0 aliphatic rings. The van der Waals surface area contributed by atoms with Crippen molar-refractivity contribution in [1.82, 2.24) is 5.32 Å². The van der Waals surface area contributed by atoms with Gasteiger partial charge in [0, 0.05) is 19.6 Å². The molecule has 0 saturated heterocycles. The van der Waals surface area contributed by atoms with E-state index in [4.69, 9.17) is 0 Å². The molecule has 0 aromatic heterocycles. The van der Waals surface area contributed by atoms with Gasteiger partial charge < -0.3 is 10.2 Å². The maximum absolute atomic E-state index is 14.2. The van der Waals surface area contributed by atoms with Crippen molar-refractivity contribution in [2.75, 3.05) is 24.5 Å². The Bertz CT molecular complexity index is 396. The molecule has 0 aliphatic carbocycles. The van der Waals surface area contributed by atoms with E-state index in [9.17, 15) is 8.78 Å². The molecule has 0 atom stereocenters. The lowest BCUT2D eigenvalue weighted by molar-refractivity contribution is 0.546. The minimum absolute atomic E-state index is 0.0976. The molecule has 0 amide bonds. The summed E-state index contributed by atoms with van der Waals surface area (Å²) in [6.07, 6.45) is 1.00. The largest absolute Gasteiger partial charge is 0.367 e. The molecule has 2 nitrogen and oxygen atoms in total. The lowest BCUT2D eigenvalue weighted by Crippen LogP contribution is -2.29. The van der Waals surface area contributed by atoms with Crippen LogP contribution in [0.1, 0.15) is 39.7 Å². The van der Waals surface area contributed by atoms with Gasteiger partial charge in [-0.25, -0.2) is 8.78 Å². The molecule has 1 N–H and O–H groups in total. The first-order valence-electron chi connectivity index (χ1n) is 7.43. The van der Waals surface area contributed by atoms with Crippen LogP contribution in [0.5, 0.6) is 0 Å². The minimum Gasteiger partial charge on any atom is -0.367 e. The summed E-state index contributed by atoms with van der Waals surface area (Å²) in [6.45, 7) is 10.7. The van der Waals surface area contributed by atoms with Gasteiger partial charge in [0.25, 0.3) is 0 Å². The lowest BCUT2D eigenvalue weighted by atomic mass is 10.1. The number of hydrogen-bond acceptors (Lipinski definition) is 2. The molecular weight excluding hydrogens is 258 g/mol. The number of halogens is 2. The second kappa shape index (κ2) is 8.20. The predicted molar refractivity (Wildman–Crippen MR) is 81.1 cm³/mol. The molecular formula is C16H26F2N2. The quantitative estimate of drug-likeness (QED) is 0.727. The van der Waals surface area contributed by atoms with Crippen LogP contribution in [0.3, 0.4) is 0 Å². The summed E-state index contributed by atoms with van der Waals surface area (Å²) in [4.78, 5) is 1.76. The molecule has 0 bridgehead atoms. The first-order valence-corrected chi connectivity index (χ1v) is 7.43. The Hall–Kier alpha value is -1.16. The van der Waals surface area contributed by atoms with E-state index in [-0.39, 0.29) is 5.69 Å². The van der Waals surface area contributed by atoms with Crippen LogP contribution in [0.4, 0.5) is 14.5 Å². The van der Waals surface area contributed by atoms with E-state index < -0.39 is 11.6 Å². The second-order valence-electron chi connectivity index (χ2n) is 5.52. The summed E-state index contributed by atoms with van der Waals surface area (Å²) in [5.74, 6) is -0.582. The number of benzene rings is 1. The van der Waals surface area contributed by atoms with Gasteiger partial charge in [0.05, 0.1) is 0 Å². The number of nitrogens with zero attached hydrogens (tertiary/aromatic N) is 1. The van der Waals surface area contributed by atoms with Gasteiger partial charge >= 0.3 is 0 Å². The zero-order valence-corrected chi connectivity index (χ0v) is 13.0. The first kappa shape index (κ1) is 16.9. The van der Waals surface area contributed by atoms with E-state index in [1.807, 2.05) is 20.8 Å². The average molecular weight is 284 g/mol. The monoisotopic (exact) mass is 284 g/mol. The molecule has 4 heteroatoms. The third kappa shape index (κ3) is 4.75. The summed E-state index contributed by atoms with van der Waals surface area (Å²) in [5, 5.41) is 3.15. The van der Waals surface area contributed by atoms with Gasteiger partial charge in [0.2, 0.25) is 0 Å². The van der Waals surface area contributed by atoms with Crippen LogP contribution in [-0.2, 0) is 6.54 Å². The van der Waals surface area contributed by atoms with Crippen molar-refractivity contribution in [2.45, 2.75) is 40.7 Å². The summed E-state index contributed by atoms with van der Waals surface area (Å²) in [7, 11) is 0. The Kier molecular flexibility index (Phi) is 6.93. The van der Waals surface area contributed by atoms with E-state index in [1.54, 1.807) is 4.90 Å². The fourth-order valence-electron chi connectivity index (χ4n) is 2.25. The van der Waals surface area contributed by atoms with Crippen molar-refractivity contribution in [3.05, 3.63) is 29.3 Å². The highest BCUT2D eigenvalue weighted by Gasteiger charge is 2.17. The number of hydrogen-bond donors (Lipinski definition) is 1. The summed E-state index contributed by atoms with van der Waals surface area (Å²) in [5.41, 5.74) is 0.748. The summed E-state index contributed by atoms with van der Waals surface area (Å²) in [6, 6.07) is 2.87. The van der Waals surface area contributed by atoms with Crippen molar-refractivity contribution < 1.29 is 8.78 Å². The Morgan fingerprint density at radius 1 is 1.15 bits per heavy atom. The molecule has 114 valence electrons. The van der Waals surface area contributed by atoms with Gasteiger partial charge in [0.1, 0.15) is 17.3 Å². The average Bonchev–Trinajstić information content (AvgIpc) is 2.36. The minimum atomic E-state index is -0.471. The molecule has 0 saturated carbocycles. The molecule has 1 rings (SSSR count). The van der Waals surface area contributed by atoms with Gasteiger partial charge in [-0.15, -0.1) is 0 Å². The van der Waals surface area contributed by atoms with E-state index in [1.165, 1.54) is 12.1 Å². The number of rotatable bonds is 8. The maximum atomic E-state index is 14.2. The summed E-state index contributed by atoms with van der Waals surface area (Å²) < 4.78 is 28.4. The smallest absolute Gasteiger partial charge is 0.149 e. The molecule has 1 aromatic carbocycles. The highest BCUT2D eigenvalue weighted by molar-refractivity contribution is 5.50. The molecule has 0 unspecified atom stereocenters. The third-order valence-electron chi connectivity index (χ3n) is 3.12. The molecule has 1 aromatic rings. The first-order chi connectivity index (χ1) is 9.49. The molecule has 0 heterocycles. The number of nitrogens with one attached hydrogen (secondary N) is 1. The molecule has 0 fully saturated rings. The van der Waals surface area contributed by atoms with Crippen LogP contribution in [0.15, 0.2) is 12.1 Å². The second-order valence-corrected chi connectivity index (χ2v) is 5.52. The van der Waals surface area contributed by atoms with Gasteiger partial charge in [0.15, 0.2) is 0 Å². The normalized spacial score (nSPS) is 11.2. The third-order valence-corrected chi connectivity index (χ3v) is 3.12. The highest BCUT2D eigenvalue weighted by atomic mass is 19.1. The van der Waals surface area contributed by atoms with Crippen LogP contribution < -0.4 is 10.2 Å². The number of anilines is 1. The zero-order valence-electron chi connectivity index (χ0n) is 13.0. The van der Waals surface area contributed by atoms with E-state index in [0.717, 1.165) is 13.0 Å². The van der Waals surface area contributed by atoms with Crippen molar-refractivity contribution in [2.24, 2.45) is 5.92 Å². The van der Waals surface area contributed by atoms with Crippen molar-refractivity contribution in [1.29, 1.82) is 0 Å². The van der Waals surface area contributed by atoms with Crippen LogP contribution in [0.2, 0.25) is 0 Å².